The van der Waals surface area contributed by atoms with Crippen molar-refractivity contribution in [2.75, 3.05) is 25.0 Å². The number of amides is 2. The first-order valence-electron chi connectivity index (χ1n) is 8.29. The van der Waals surface area contributed by atoms with Gasteiger partial charge in [-0.05, 0) is 42.3 Å². The first kappa shape index (κ1) is 18.2. The molecular formula is C19H19ClN2O4. The van der Waals surface area contributed by atoms with Gasteiger partial charge in [-0.15, -0.1) is 0 Å². The van der Waals surface area contributed by atoms with Crippen molar-refractivity contribution in [1.29, 1.82) is 0 Å². The lowest BCUT2D eigenvalue weighted by Crippen LogP contribution is -2.32. The Bertz CT molecular complexity index is 812. The molecule has 2 aromatic rings. The number of rotatable bonds is 3. The highest BCUT2D eigenvalue weighted by atomic mass is 35.5. The Hall–Kier alpha value is -2.57. The van der Waals surface area contributed by atoms with E-state index in [0.29, 0.717) is 35.8 Å². The summed E-state index contributed by atoms with van der Waals surface area (Å²) < 4.78 is 5.79. The number of hydrogen-bond acceptors (Lipinski definition) is 3. The topological polar surface area (TPSA) is 78.9 Å². The van der Waals surface area contributed by atoms with E-state index in [4.69, 9.17) is 16.3 Å². The maximum Gasteiger partial charge on any atom is 0.407 e. The number of anilines is 1. The maximum atomic E-state index is 12.4. The quantitative estimate of drug-likeness (QED) is 0.850. The van der Waals surface area contributed by atoms with Crippen molar-refractivity contribution in [2.45, 2.75) is 12.5 Å². The summed E-state index contributed by atoms with van der Waals surface area (Å²) in [6, 6.07) is 14.0. The Morgan fingerprint density at radius 3 is 2.77 bits per heavy atom. The third kappa shape index (κ3) is 4.53. The summed E-state index contributed by atoms with van der Waals surface area (Å²) in [5, 5.41) is 12.6. The predicted molar refractivity (Wildman–Crippen MR) is 98.8 cm³/mol. The molecule has 1 atom stereocenters. The zero-order chi connectivity index (χ0) is 18.5. The van der Waals surface area contributed by atoms with E-state index >= 15 is 0 Å². The number of ether oxygens (including phenoxy) is 1. The van der Waals surface area contributed by atoms with Crippen LogP contribution in [-0.4, -0.2) is 41.7 Å². The molecule has 2 aromatic carbocycles. The summed E-state index contributed by atoms with van der Waals surface area (Å²) in [6.07, 6.45) is -0.656. The first-order valence-corrected chi connectivity index (χ1v) is 8.67. The van der Waals surface area contributed by atoms with E-state index in [1.54, 1.807) is 36.4 Å². The van der Waals surface area contributed by atoms with E-state index in [9.17, 15) is 14.7 Å². The van der Waals surface area contributed by atoms with E-state index in [-0.39, 0.29) is 18.6 Å². The molecule has 0 radical (unpaired) electrons. The van der Waals surface area contributed by atoms with Crippen LogP contribution in [0.5, 0.6) is 0 Å². The van der Waals surface area contributed by atoms with Gasteiger partial charge in [-0.1, -0.05) is 29.8 Å². The number of nitrogens with zero attached hydrogens (tertiary/aromatic N) is 1. The van der Waals surface area contributed by atoms with Crippen molar-refractivity contribution in [3.63, 3.8) is 0 Å². The molecule has 0 aromatic heterocycles. The van der Waals surface area contributed by atoms with E-state index in [1.807, 2.05) is 12.1 Å². The van der Waals surface area contributed by atoms with Crippen molar-refractivity contribution < 1.29 is 19.4 Å². The highest BCUT2D eigenvalue weighted by Gasteiger charge is 2.23. The second kappa shape index (κ2) is 8.21. The van der Waals surface area contributed by atoms with Gasteiger partial charge in [0.25, 0.3) is 5.91 Å². The van der Waals surface area contributed by atoms with E-state index < -0.39 is 6.09 Å². The molecule has 1 fully saturated rings. The Balaban J connectivity index is 1.75. The summed E-state index contributed by atoms with van der Waals surface area (Å²) in [6.45, 7) is 1.21. The van der Waals surface area contributed by atoms with Gasteiger partial charge in [0.05, 0.1) is 6.54 Å². The van der Waals surface area contributed by atoms with Crippen molar-refractivity contribution in [1.82, 2.24) is 4.90 Å². The SMILES string of the molecule is O=C(Nc1cccc(C2CN(C(=O)O)CCCO2)c1)c1cccc(Cl)c1. The minimum Gasteiger partial charge on any atom is -0.465 e. The average molecular weight is 375 g/mol. The molecule has 1 saturated heterocycles. The van der Waals surface area contributed by atoms with Crippen LogP contribution in [0.4, 0.5) is 10.5 Å². The molecule has 0 aliphatic carbocycles. The van der Waals surface area contributed by atoms with Crippen LogP contribution in [-0.2, 0) is 4.74 Å². The fourth-order valence-corrected chi connectivity index (χ4v) is 3.04. The Morgan fingerprint density at radius 2 is 2.00 bits per heavy atom. The summed E-state index contributed by atoms with van der Waals surface area (Å²) in [4.78, 5) is 25.0. The monoisotopic (exact) mass is 374 g/mol. The lowest BCUT2D eigenvalue weighted by atomic mass is 10.1. The molecule has 136 valence electrons. The van der Waals surface area contributed by atoms with Crippen molar-refractivity contribution in [3.8, 4) is 0 Å². The molecule has 1 unspecified atom stereocenters. The summed E-state index contributed by atoms with van der Waals surface area (Å²) in [7, 11) is 0. The van der Waals surface area contributed by atoms with Crippen molar-refractivity contribution >= 4 is 29.3 Å². The van der Waals surface area contributed by atoms with Gasteiger partial charge < -0.3 is 20.1 Å². The third-order valence-electron chi connectivity index (χ3n) is 4.15. The molecule has 1 heterocycles. The van der Waals surface area contributed by atoms with Gasteiger partial charge in [-0.2, -0.15) is 0 Å². The van der Waals surface area contributed by atoms with Crippen LogP contribution >= 0.6 is 11.6 Å². The Morgan fingerprint density at radius 1 is 1.19 bits per heavy atom. The zero-order valence-electron chi connectivity index (χ0n) is 14.0. The summed E-state index contributed by atoms with van der Waals surface area (Å²) >= 11 is 5.92. The van der Waals surface area contributed by atoms with Crippen LogP contribution < -0.4 is 5.32 Å². The molecule has 7 heteroatoms. The van der Waals surface area contributed by atoms with Gasteiger partial charge in [0.1, 0.15) is 6.10 Å². The Labute approximate surface area is 156 Å². The van der Waals surface area contributed by atoms with E-state index in [1.165, 1.54) is 4.90 Å². The van der Waals surface area contributed by atoms with Crippen LogP contribution in [0, 0.1) is 0 Å². The second-order valence-corrected chi connectivity index (χ2v) is 6.47. The van der Waals surface area contributed by atoms with Crippen molar-refractivity contribution in [3.05, 3.63) is 64.7 Å². The molecule has 6 nitrogen and oxygen atoms in total. The number of nitrogens with one attached hydrogen (secondary N) is 1. The van der Waals surface area contributed by atoms with Crippen LogP contribution in [0.2, 0.25) is 5.02 Å². The van der Waals surface area contributed by atoms with Gasteiger partial charge in [0.15, 0.2) is 0 Å². The molecule has 2 N–H and O–H groups in total. The van der Waals surface area contributed by atoms with Gasteiger partial charge in [0, 0.05) is 29.4 Å². The van der Waals surface area contributed by atoms with Gasteiger partial charge in [-0.3, -0.25) is 4.79 Å². The van der Waals surface area contributed by atoms with Crippen LogP contribution in [0.25, 0.3) is 0 Å². The molecule has 1 aliphatic heterocycles. The summed E-state index contributed by atoms with van der Waals surface area (Å²) in [5.41, 5.74) is 1.90. The molecule has 0 bridgehead atoms. The van der Waals surface area contributed by atoms with Gasteiger partial charge in [-0.25, -0.2) is 4.79 Å². The predicted octanol–water partition coefficient (Wildman–Crippen LogP) is 4.03. The number of hydrogen-bond donors (Lipinski definition) is 2. The summed E-state index contributed by atoms with van der Waals surface area (Å²) in [5.74, 6) is -0.265. The highest BCUT2D eigenvalue weighted by Crippen LogP contribution is 2.25. The van der Waals surface area contributed by atoms with E-state index in [2.05, 4.69) is 5.32 Å². The lowest BCUT2D eigenvalue weighted by Gasteiger charge is -2.22. The highest BCUT2D eigenvalue weighted by molar-refractivity contribution is 6.31. The first-order chi connectivity index (χ1) is 12.5. The number of benzene rings is 2. The number of halogens is 1. The molecule has 0 spiro atoms. The second-order valence-electron chi connectivity index (χ2n) is 6.03. The fourth-order valence-electron chi connectivity index (χ4n) is 2.85. The Kier molecular flexibility index (Phi) is 5.75. The average Bonchev–Trinajstić information content (AvgIpc) is 2.88. The molecule has 26 heavy (non-hydrogen) atoms. The third-order valence-corrected chi connectivity index (χ3v) is 4.39. The molecule has 2 amide bonds. The van der Waals surface area contributed by atoms with Gasteiger partial charge >= 0.3 is 6.09 Å². The fraction of sp³-hybridized carbons (Fsp3) is 0.263. The van der Waals surface area contributed by atoms with Crippen LogP contribution in [0.1, 0.15) is 28.4 Å². The smallest absolute Gasteiger partial charge is 0.407 e. The van der Waals surface area contributed by atoms with E-state index in [0.717, 1.165) is 5.56 Å². The van der Waals surface area contributed by atoms with Crippen LogP contribution in [0.3, 0.4) is 0 Å². The number of carbonyl (C=O) groups excluding carboxylic acids is 1. The normalized spacial score (nSPS) is 17.4. The largest absolute Gasteiger partial charge is 0.465 e. The van der Waals surface area contributed by atoms with Gasteiger partial charge in [0.2, 0.25) is 0 Å². The van der Waals surface area contributed by atoms with Crippen LogP contribution in [0.15, 0.2) is 48.5 Å². The minimum atomic E-state index is -0.953. The molecule has 3 rings (SSSR count). The zero-order valence-corrected chi connectivity index (χ0v) is 14.8. The maximum absolute atomic E-state index is 12.4. The number of carboxylic acid groups (broad SMARTS) is 1. The molecule has 1 aliphatic rings. The molecular weight excluding hydrogens is 356 g/mol. The minimum absolute atomic E-state index is 0.265. The van der Waals surface area contributed by atoms with Crippen molar-refractivity contribution in [2.24, 2.45) is 0 Å². The number of carbonyl (C=O) groups is 2. The molecule has 0 saturated carbocycles. The lowest BCUT2D eigenvalue weighted by molar-refractivity contribution is 0.0534. The standard InChI is InChI=1S/C19H19ClN2O4/c20-15-6-1-5-14(10-15)18(23)21-16-7-2-4-13(11-16)17-12-22(19(24)25)8-3-9-26-17/h1-2,4-7,10-11,17H,3,8-9,12H2,(H,21,23)(H,24,25).